The maximum absolute atomic E-state index is 13.0. The van der Waals surface area contributed by atoms with Gasteiger partial charge in [0.2, 0.25) is 0 Å². The first-order chi connectivity index (χ1) is 11.8. The lowest BCUT2D eigenvalue weighted by molar-refractivity contribution is -0.0587. The molecule has 3 rings (SSSR count). The van der Waals surface area contributed by atoms with Gasteiger partial charge in [-0.1, -0.05) is 23.7 Å². The zero-order valence-corrected chi connectivity index (χ0v) is 15.7. The van der Waals surface area contributed by atoms with Crippen molar-refractivity contribution < 1.29 is 9.53 Å². The number of aromatic nitrogens is 2. The van der Waals surface area contributed by atoms with Gasteiger partial charge < -0.3 is 4.74 Å². The summed E-state index contributed by atoms with van der Waals surface area (Å²) in [5.41, 5.74) is 0.242. The van der Waals surface area contributed by atoms with Gasteiger partial charge in [-0.15, -0.1) is 0 Å². The molecular formula is C19H24ClN3O2. The topological polar surface area (TPSA) is 47.4 Å². The Morgan fingerprint density at radius 3 is 2.64 bits per heavy atom. The summed E-state index contributed by atoms with van der Waals surface area (Å²) in [7, 11) is 0. The molecule has 134 valence electrons. The maximum atomic E-state index is 13.0. The summed E-state index contributed by atoms with van der Waals surface area (Å²) in [6, 6.07) is 7.79. The molecule has 0 aliphatic carbocycles. The van der Waals surface area contributed by atoms with Crippen LogP contribution in [0.4, 0.5) is 4.79 Å². The van der Waals surface area contributed by atoms with E-state index in [-0.39, 0.29) is 11.6 Å². The molecule has 1 amide bonds. The third kappa shape index (κ3) is 3.72. The predicted molar refractivity (Wildman–Crippen MR) is 97.7 cm³/mol. The van der Waals surface area contributed by atoms with Crippen molar-refractivity contribution >= 4 is 17.6 Å². The van der Waals surface area contributed by atoms with Crippen LogP contribution in [-0.2, 0) is 11.2 Å². The second-order valence-electron chi connectivity index (χ2n) is 7.34. The normalized spacial score (nSPS) is 22.3. The van der Waals surface area contributed by atoms with Crippen molar-refractivity contribution in [2.45, 2.75) is 51.3 Å². The molecular weight excluding hydrogens is 338 g/mol. The van der Waals surface area contributed by atoms with Gasteiger partial charge in [0, 0.05) is 17.4 Å². The second-order valence-corrected chi connectivity index (χ2v) is 7.78. The van der Waals surface area contributed by atoms with Crippen LogP contribution in [-0.4, -0.2) is 38.4 Å². The third-order valence-electron chi connectivity index (χ3n) is 4.75. The van der Waals surface area contributed by atoms with Crippen molar-refractivity contribution in [2.24, 2.45) is 0 Å². The first-order valence-corrected chi connectivity index (χ1v) is 8.91. The molecule has 2 heterocycles. The lowest BCUT2D eigenvalue weighted by Crippen LogP contribution is -2.55. The summed E-state index contributed by atoms with van der Waals surface area (Å²) in [4.78, 5) is 18.8. The highest BCUT2D eigenvalue weighted by Gasteiger charge is 2.51. The van der Waals surface area contributed by atoms with Crippen molar-refractivity contribution in [1.82, 2.24) is 14.5 Å². The lowest BCUT2D eigenvalue weighted by atomic mass is 9.99. The van der Waals surface area contributed by atoms with Gasteiger partial charge in [0.1, 0.15) is 12.1 Å². The Balaban J connectivity index is 1.71. The first-order valence-electron chi connectivity index (χ1n) is 8.53. The number of hydrogen-bond donors (Lipinski definition) is 0. The summed E-state index contributed by atoms with van der Waals surface area (Å²) in [5, 5.41) is 0.744. The van der Waals surface area contributed by atoms with Crippen LogP contribution in [0.1, 0.15) is 39.2 Å². The minimum absolute atomic E-state index is 0.103. The summed E-state index contributed by atoms with van der Waals surface area (Å²) in [5.74, 6) is 0. The minimum Gasteiger partial charge on any atom is -0.353 e. The van der Waals surface area contributed by atoms with E-state index >= 15 is 0 Å². The zero-order chi connectivity index (χ0) is 18.1. The average Bonchev–Trinajstić information content (AvgIpc) is 3.16. The number of hydrogen-bond acceptors (Lipinski definition) is 3. The molecule has 0 radical (unpaired) electrons. The molecule has 6 heteroatoms. The van der Waals surface area contributed by atoms with E-state index in [0.29, 0.717) is 6.61 Å². The SMILES string of the molecule is CC1(C)CO[C@](C)(CCCc2ccc(Cl)cc2)N1C(=O)n1ccnc1. The molecule has 1 saturated heterocycles. The van der Waals surface area contributed by atoms with Crippen molar-refractivity contribution in [2.75, 3.05) is 6.61 Å². The predicted octanol–water partition coefficient (Wildman–Crippen LogP) is 4.35. The van der Waals surface area contributed by atoms with Gasteiger partial charge >= 0.3 is 6.03 Å². The third-order valence-corrected chi connectivity index (χ3v) is 5.00. The monoisotopic (exact) mass is 361 g/mol. The Labute approximate surface area is 153 Å². The van der Waals surface area contributed by atoms with Gasteiger partial charge in [0.25, 0.3) is 0 Å². The zero-order valence-electron chi connectivity index (χ0n) is 14.9. The van der Waals surface area contributed by atoms with E-state index in [9.17, 15) is 4.79 Å². The molecule has 2 aromatic rings. The fourth-order valence-corrected chi connectivity index (χ4v) is 3.63. The van der Waals surface area contributed by atoms with Crippen LogP contribution in [0.5, 0.6) is 0 Å². The number of carbonyl (C=O) groups is 1. The van der Waals surface area contributed by atoms with E-state index < -0.39 is 5.72 Å². The van der Waals surface area contributed by atoms with Crippen LogP contribution in [0.15, 0.2) is 43.0 Å². The van der Waals surface area contributed by atoms with Gasteiger partial charge in [0.05, 0.1) is 12.1 Å². The van der Waals surface area contributed by atoms with E-state index in [1.807, 2.05) is 49.9 Å². The number of amides is 1. The van der Waals surface area contributed by atoms with Crippen LogP contribution >= 0.6 is 11.6 Å². The maximum Gasteiger partial charge on any atom is 0.332 e. The van der Waals surface area contributed by atoms with Gasteiger partial charge in [-0.2, -0.15) is 0 Å². The van der Waals surface area contributed by atoms with E-state index in [1.165, 1.54) is 16.5 Å². The summed E-state index contributed by atoms with van der Waals surface area (Å²) in [6.07, 6.45) is 7.42. The van der Waals surface area contributed by atoms with Gasteiger partial charge in [0.15, 0.2) is 0 Å². The number of imidazole rings is 1. The Kier molecular flexibility index (Phi) is 4.89. The number of ether oxygens (including phenoxy) is 1. The summed E-state index contributed by atoms with van der Waals surface area (Å²) in [6.45, 7) is 6.59. The lowest BCUT2D eigenvalue weighted by Gasteiger charge is -2.39. The molecule has 1 atom stereocenters. The molecule has 1 fully saturated rings. The molecule has 1 aliphatic rings. The molecule has 25 heavy (non-hydrogen) atoms. The van der Waals surface area contributed by atoms with Crippen molar-refractivity contribution in [3.8, 4) is 0 Å². The van der Waals surface area contributed by atoms with Crippen molar-refractivity contribution in [3.05, 3.63) is 53.6 Å². The van der Waals surface area contributed by atoms with E-state index in [2.05, 4.69) is 4.98 Å². The molecule has 1 aliphatic heterocycles. The van der Waals surface area contributed by atoms with E-state index in [1.54, 1.807) is 12.4 Å². The largest absolute Gasteiger partial charge is 0.353 e. The molecule has 0 N–H and O–H groups in total. The first kappa shape index (κ1) is 18.0. The second kappa shape index (κ2) is 6.81. The van der Waals surface area contributed by atoms with Crippen molar-refractivity contribution in [3.63, 3.8) is 0 Å². The van der Waals surface area contributed by atoms with E-state index in [0.717, 1.165) is 24.3 Å². The Morgan fingerprint density at radius 2 is 2.00 bits per heavy atom. The average molecular weight is 362 g/mol. The highest BCUT2D eigenvalue weighted by Crippen LogP contribution is 2.38. The molecule has 1 aromatic heterocycles. The minimum atomic E-state index is -0.628. The van der Waals surface area contributed by atoms with Crippen LogP contribution in [0.25, 0.3) is 0 Å². The fourth-order valence-electron chi connectivity index (χ4n) is 3.51. The highest BCUT2D eigenvalue weighted by atomic mass is 35.5. The number of nitrogens with zero attached hydrogens (tertiary/aromatic N) is 3. The van der Waals surface area contributed by atoms with Crippen LogP contribution in [0, 0.1) is 0 Å². The molecule has 1 aromatic carbocycles. The van der Waals surface area contributed by atoms with Gasteiger partial charge in [-0.3, -0.25) is 9.47 Å². The van der Waals surface area contributed by atoms with Crippen LogP contribution in [0.2, 0.25) is 5.02 Å². The van der Waals surface area contributed by atoms with Gasteiger partial charge in [-0.05, 0) is 57.7 Å². The smallest absolute Gasteiger partial charge is 0.332 e. The number of rotatable bonds is 4. The number of benzene rings is 1. The molecule has 0 saturated carbocycles. The van der Waals surface area contributed by atoms with Crippen LogP contribution in [0.3, 0.4) is 0 Å². The highest BCUT2D eigenvalue weighted by molar-refractivity contribution is 6.30. The van der Waals surface area contributed by atoms with Gasteiger partial charge in [-0.25, -0.2) is 9.78 Å². The number of halogens is 1. The standard InChI is InChI=1S/C19H24ClN3O2/c1-18(2)13-25-19(3,23(18)17(24)22-12-11-21-14-22)10-4-5-15-6-8-16(20)9-7-15/h6-9,11-12,14H,4-5,10,13H2,1-3H3/t19-/m1/s1. The molecule has 5 nitrogen and oxygen atoms in total. The van der Waals surface area contributed by atoms with E-state index in [4.69, 9.17) is 16.3 Å². The Morgan fingerprint density at radius 1 is 1.28 bits per heavy atom. The number of carbonyl (C=O) groups excluding carboxylic acids is 1. The Hall–Kier alpha value is -1.85. The molecule has 0 spiro atoms. The van der Waals surface area contributed by atoms with Crippen molar-refractivity contribution in [1.29, 1.82) is 0 Å². The molecule has 0 bridgehead atoms. The Bertz CT molecular complexity index is 728. The summed E-state index contributed by atoms with van der Waals surface area (Å²) < 4.78 is 7.60. The fraction of sp³-hybridized carbons (Fsp3) is 0.474. The molecule has 0 unspecified atom stereocenters. The quantitative estimate of drug-likeness (QED) is 0.813. The number of aryl methyl sites for hydroxylation is 1. The summed E-state index contributed by atoms with van der Waals surface area (Å²) >= 11 is 5.93. The van der Waals surface area contributed by atoms with Crippen LogP contribution < -0.4 is 0 Å².